The molecule has 0 aromatic carbocycles. The third-order valence-electron chi connectivity index (χ3n) is 3.03. The highest BCUT2D eigenvalue weighted by atomic mass is 16.7. The Hall–Kier alpha value is -1.83. The summed E-state index contributed by atoms with van der Waals surface area (Å²) in [4.78, 5) is 39.6. The fraction of sp³-hybridized carbons (Fsp3) is 0.824. The van der Waals surface area contributed by atoms with Crippen molar-refractivity contribution in [3.05, 3.63) is 0 Å². The van der Waals surface area contributed by atoms with Gasteiger partial charge in [-0.25, -0.2) is 9.86 Å². The van der Waals surface area contributed by atoms with Gasteiger partial charge in [0.25, 0.3) is 0 Å². The van der Waals surface area contributed by atoms with E-state index in [0.29, 0.717) is 32.5 Å². The Bertz CT molecular complexity index is 420. The van der Waals surface area contributed by atoms with E-state index in [4.69, 9.17) is 14.7 Å². The van der Waals surface area contributed by atoms with Crippen LogP contribution in [0.5, 0.6) is 0 Å². The van der Waals surface area contributed by atoms with E-state index >= 15 is 0 Å². The summed E-state index contributed by atoms with van der Waals surface area (Å²) in [7, 11) is 0. The standard InChI is InChI=1S/C17H32N2O6/c1-5-6-13-24-19(14(20)9-10-15(21)22)12-8-7-11-18-16(23)25-17(2,3)4/h5-13H2,1-4H3,(H,18,23)(H,21,22). The molecule has 0 aromatic rings. The number of hydroxylamine groups is 2. The number of nitrogens with zero attached hydrogens (tertiary/aromatic N) is 1. The van der Waals surface area contributed by atoms with Crippen molar-refractivity contribution in [2.75, 3.05) is 19.7 Å². The van der Waals surface area contributed by atoms with Gasteiger partial charge in [0.1, 0.15) is 5.60 Å². The van der Waals surface area contributed by atoms with Gasteiger partial charge >= 0.3 is 12.1 Å². The summed E-state index contributed by atoms with van der Waals surface area (Å²) in [6.07, 6.45) is 2.27. The molecule has 2 N–H and O–H groups in total. The van der Waals surface area contributed by atoms with Crippen LogP contribution in [0.2, 0.25) is 0 Å². The Morgan fingerprint density at radius 2 is 1.76 bits per heavy atom. The predicted molar refractivity (Wildman–Crippen MR) is 92.9 cm³/mol. The molecule has 0 saturated heterocycles. The Balaban J connectivity index is 4.13. The molecule has 0 aliphatic heterocycles. The van der Waals surface area contributed by atoms with Gasteiger partial charge in [0, 0.05) is 19.5 Å². The molecule has 0 saturated carbocycles. The number of carboxylic acid groups (broad SMARTS) is 1. The molecule has 0 aromatic heterocycles. The van der Waals surface area contributed by atoms with Crippen LogP contribution in [0, 0.1) is 0 Å². The molecule has 0 fully saturated rings. The van der Waals surface area contributed by atoms with Crippen LogP contribution in [0.15, 0.2) is 0 Å². The fourth-order valence-electron chi connectivity index (χ4n) is 1.80. The molecule has 8 heteroatoms. The number of hydrogen-bond donors (Lipinski definition) is 2. The maximum absolute atomic E-state index is 12.0. The molecule has 0 aliphatic rings. The largest absolute Gasteiger partial charge is 0.481 e. The third kappa shape index (κ3) is 14.2. The molecule has 146 valence electrons. The van der Waals surface area contributed by atoms with Gasteiger partial charge in [-0.05, 0) is 40.0 Å². The van der Waals surface area contributed by atoms with Gasteiger partial charge in [0.05, 0.1) is 13.0 Å². The molecule has 8 nitrogen and oxygen atoms in total. The monoisotopic (exact) mass is 360 g/mol. The number of amides is 2. The van der Waals surface area contributed by atoms with E-state index in [1.807, 2.05) is 6.92 Å². The summed E-state index contributed by atoms with van der Waals surface area (Å²) in [5.41, 5.74) is -0.537. The van der Waals surface area contributed by atoms with Crippen LogP contribution in [-0.4, -0.2) is 53.4 Å². The van der Waals surface area contributed by atoms with Crippen LogP contribution in [0.3, 0.4) is 0 Å². The van der Waals surface area contributed by atoms with Gasteiger partial charge in [0.15, 0.2) is 0 Å². The summed E-state index contributed by atoms with van der Waals surface area (Å²) in [6.45, 7) is 8.61. The zero-order valence-corrected chi connectivity index (χ0v) is 15.8. The lowest BCUT2D eigenvalue weighted by Gasteiger charge is -2.22. The average Bonchev–Trinajstić information content (AvgIpc) is 2.48. The molecule has 0 unspecified atom stereocenters. The van der Waals surface area contributed by atoms with Crippen molar-refractivity contribution in [3.63, 3.8) is 0 Å². The van der Waals surface area contributed by atoms with Crippen molar-refractivity contribution in [1.82, 2.24) is 10.4 Å². The highest BCUT2D eigenvalue weighted by molar-refractivity contribution is 5.79. The number of nitrogens with one attached hydrogen (secondary N) is 1. The van der Waals surface area contributed by atoms with E-state index in [9.17, 15) is 14.4 Å². The third-order valence-corrected chi connectivity index (χ3v) is 3.03. The van der Waals surface area contributed by atoms with E-state index in [0.717, 1.165) is 12.8 Å². The van der Waals surface area contributed by atoms with Gasteiger partial charge in [-0.3, -0.25) is 14.4 Å². The summed E-state index contributed by atoms with van der Waals surface area (Å²) in [5, 5.41) is 12.6. The number of carboxylic acids is 1. The Morgan fingerprint density at radius 1 is 1.08 bits per heavy atom. The molecular formula is C17H32N2O6. The highest BCUT2D eigenvalue weighted by Crippen LogP contribution is 2.07. The number of alkyl carbamates (subject to hydrolysis) is 1. The number of hydrogen-bond acceptors (Lipinski definition) is 5. The molecule has 0 heterocycles. The minimum atomic E-state index is -1.01. The minimum Gasteiger partial charge on any atom is -0.481 e. The normalized spacial score (nSPS) is 11.0. The maximum Gasteiger partial charge on any atom is 0.407 e. The van der Waals surface area contributed by atoms with E-state index in [-0.39, 0.29) is 18.7 Å². The quantitative estimate of drug-likeness (QED) is 0.409. The molecule has 25 heavy (non-hydrogen) atoms. The maximum atomic E-state index is 12.0. The van der Waals surface area contributed by atoms with E-state index in [2.05, 4.69) is 5.32 Å². The Kier molecular flexibility index (Phi) is 11.6. The zero-order valence-electron chi connectivity index (χ0n) is 15.8. The van der Waals surface area contributed by atoms with E-state index < -0.39 is 17.7 Å². The summed E-state index contributed by atoms with van der Waals surface area (Å²) in [6, 6.07) is 0. The first-order valence-electron chi connectivity index (χ1n) is 8.77. The molecule has 2 amide bonds. The van der Waals surface area contributed by atoms with Gasteiger partial charge in [-0.15, -0.1) is 0 Å². The first kappa shape index (κ1) is 23.2. The van der Waals surface area contributed by atoms with Gasteiger partial charge < -0.3 is 15.2 Å². The molecule has 0 spiro atoms. The van der Waals surface area contributed by atoms with Crippen LogP contribution >= 0.6 is 0 Å². The second kappa shape index (κ2) is 12.5. The van der Waals surface area contributed by atoms with E-state index in [1.54, 1.807) is 20.8 Å². The molecule has 0 aliphatic carbocycles. The van der Waals surface area contributed by atoms with Crippen LogP contribution < -0.4 is 5.32 Å². The Labute approximate surface area is 149 Å². The lowest BCUT2D eigenvalue weighted by Crippen LogP contribution is -2.34. The van der Waals surface area contributed by atoms with Crippen LogP contribution in [-0.2, 0) is 19.2 Å². The lowest BCUT2D eigenvalue weighted by molar-refractivity contribution is -0.188. The van der Waals surface area contributed by atoms with Crippen molar-refractivity contribution < 1.29 is 29.1 Å². The summed E-state index contributed by atoms with van der Waals surface area (Å²) >= 11 is 0. The number of unbranched alkanes of at least 4 members (excludes halogenated alkanes) is 2. The summed E-state index contributed by atoms with van der Waals surface area (Å²) in [5.74, 6) is -1.35. The molecule has 0 atom stereocenters. The smallest absolute Gasteiger partial charge is 0.407 e. The average molecular weight is 360 g/mol. The van der Waals surface area contributed by atoms with Crippen LogP contribution in [0.4, 0.5) is 4.79 Å². The van der Waals surface area contributed by atoms with Crippen molar-refractivity contribution in [2.45, 2.75) is 71.8 Å². The molecule has 0 bridgehead atoms. The molecule has 0 rings (SSSR count). The van der Waals surface area contributed by atoms with Crippen molar-refractivity contribution in [2.24, 2.45) is 0 Å². The SMILES string of the molecule is CCCCON(CCCCNC(=O)OC(C)(C)C)C(=O)CCC(=O)O. The second-order valence-electron chi connectivity index (χ2n) is 6.71. The van der Waals surface area contributed by atoms with Crippen LogP contribution in [0.1, 0.15) is 66.2 Å². The first-order chi connectivity index (χ1) is 11.7. The number of carbonyl (C=O) groups is 3. The number of carbonyl (C=O) groups excluding carboxylic acids is 2. The first-order valence-corrected chi connectivity index (χ1v) is 8.77. The minimum absolute atomic E-state index is 0.0857. The Morgan fingerprint density at radius 3 is 2.32 bits per heavy atom. The predicted octanol–water partition coefficient (Wildman–Crippen LogP) is 2.72. The topological polar surface area (TPSA) is 105 Å². The number of rotatable bonds is 12. The van der Waals surface area contributed by atoms with Crippen molar-refractivity contribution in [1.29, 1.82) is 0 Å². The number of ether oxygens (including phenoxy) is 1. The fourth-order valence-corrected chi connectivity index (χ4v) is 1.80. The second-order valence-corrected chi connectivity index (χ2v) is 6.71. The van der Waals surface area contributed by atoms with Gasteiger partial charge in [-0.1, -0.05) is 13.3 Å². The van der Waals surface area contributed by atoms with Crippen molar-refractivity contribution in [3.8, 4) is 0 Å². The zero-order chi connectivity index (χ0) is 19.3. The van der Waals surface area contributed by atoms with E-state index in [1.165, 1.54) is 5.06 Å². The van der Waals surface area contributed by atoms with Gasteiger partial charge in [-0.2, -0.15) is 0 Å². The van der Waals surface area contributed by atoms with Crippen LogP contribution in [0.25, 0.3) is 0 Å². The molecule has 0 radical (unpaired) electrons. The lowest BCUT2D eigenvalue weighted by atomic mass is 10.2. The van der Waals surface area contributed by atoms with Gasteiger partial charge in [0.2, 0.25) is 5.91 Å². The number of aliphatic carboxylic acids is 1. The summed E-state index contributed by atoms with van der Waals surface area (Å²) < 4.78 is 5.13. The molecular weight excluding hydrogens is 328 g/mol. The van der Waals surface area contributed by atoms with Crippen molar-refractivity contribution >= 4 is 18.0 Å². The highest BCUT2D eigenvalue weighted by Gasteiger charge is 2.17.